The zero-order valence-corrected chi connectivity index (χ0v) is 19.2. The Bertz CT molecular complexity index is 610. The van der Waals surface area contributed by atoms with Gasteiger partial charge in [0.05, 0.1) is 17.2 Å². The van der Waals surface area contributed by atoms with Crippen molar-refractivity contribution in [1.29, 1.82) is 0 Å². The number of carbonyl (C=O) groups excluding carboxylic acids is 1. The summed E-state index contributed by atoms with van der Waals surface area (Å²) < 4.78 is 6.12. The Hall–Kier alpha value is -1.47. The first-order chi connectivity index (χ1) is 14.4. The standard InChI is InChI=1S/C23H38N2O4S/c1-3-4-7-11-21(30)25-16(2)23(28)24-15-18-17(19-13-14-20(18)29-19)10-8-5-6-9-12-22(26)27/h5,8,16-20H,3-4,6-7,9-15H2,1-2H3,(H,24,28)(H,25,30)(H,26,27)/t16?,17-,18+,19-,20+/m1/s1. The Labute approximate surface area is 186 Å². The number of amides is 1. The molecule has 6 nitrogen and oxygen atoms in total. The number of nitrogens with one attached hydrogen (secondary N) is 2. The van der Waals surface area contributed by atoms with Crippen molar-refractivity contribution in [2.75, 3.05) is 6.54 Å². The van der Waals surface area contributed by atoms with Crippen LogP contribution in [0.2, 0.25) is 0 Å². The van der Waals surface area contributed by atoms with Crippen molar-refractivity contribution in [3.05, 3.63) is 12.2 Å². The lowest BCUT2D eigenvalue weighted by atomic mass is 9.77. The summed E-state index contributed by atoms with van der Waals surface area (Å²) in [7, 11) is 0. The molecule has 2 rings (SSSR count). The number of ether oxygens (including phenoxy) is 1. The fourth-order valence-corrected chi connectivity index (χ4v) is 4.83. The Kier molecular flexibility index (Phi) is 10.8. The van der Waals surface area contributed by atoms with E-state index in [0.717, 1.165) is 56.4 Å². The monoisotopic (exact) mass is 438 g/mol. The van der Waals surface area contributed by atoms with Crippen LogP contribution >= 0.6 is 12.2 Å². The molecule has 0 saturated carbocycles. The summed E-state index contributed by atoms with van der Waals surface area (Å²) in [6, 6.07) is -0.328. The maximum Gasteiger partial charge on any atom is 0.303 e. The molecular formula is C23H38N2O4S. The van der Waals surface area contributed by atoms with Gasteiger partial charge in [-0.05, 0) is 57.8 Å². The van der Waals surface area contributed by atoms with Gasteiger partial charge in [0.25, 0.3) is 0 Å². The van der Waals surface area contributed by atoms with Crippen LogP contribution in [-0.4, -0.2) is 46.8 Å². The lowest BCUT2D eigenvalue weighted by Gasteiger charge is -2.28. The molecule has 2 saturated heterocycles. The molecule has 2 fully saturated rings. The molecule has 2 aliphatic rings. The van der Waals surface area contributed by atoms with Crippen LogP contribution in [0.3, 0.4) is 0 Å². The van der Waals surface area contributed by atoms with E-state index in [-0.39, 0.29) is 30.6 Å². The second-order valence-corrected chi connectivity index (χ2v) is 9.10. The molecule has 0 aliphatic carbocycles. The van der Waals surface area contributed by atoms with Crippen LogP contribution in [0.5, 0.6) is 0 Å². The highest BCUT2D eigenvalue weighted by Gasteiger charge is 2.48. The number of thiocarbonyl (C=S) groups is 1. The molecule has 1 unspecified atom stereocenters. The molecule has 30 heavy (non-hydrogen) atoms. The molecule has 3 N–H and O–H groups in total. The lowest BCUT2D eigenvalue weighted by Crippen LogP contribution is -2.47. The summed E-state index contributed by atoms with van der Waals surface area (Å²) in [5.41, 5.74) is 0. The van der Waals surface area contributed by atoms with Crippen LogP contribution in [0, 0.1) is 11.8 Å². The SMILES string of the molecule is CCCCCC(=S)NC(C)C(=O)NC[C@H]1[C@@H](CC=CCCCC(=O)O)[C@H]2CC[C@@H]1O2. The molecule has 5 atom stereocenters. The number of hydrogen-bond acceptors (Lipinski definition) is 4. The molecular weight excluding hydrogens is 400 g/mol. The molecule has 7 heteroatoms. The highest BCUT2D eigenvalue weighted by atomic mass is 32.1. The lowest BCUT2D eigenvalue weighted by molar-refractivity contribution is -0.137. The molecule has 0 radical (unpaired) electrons. The van der Waals surface area contributed by atoms with E-state index in [1.807, 2.05) is 6.92 Å². The number of aliphatic carboxylic acids is 1. The third kappa shape index (κ3) is 7.99. The number of rotatable bonds is 14. The van der Waals surface area contributed by atoms with Gasteiger partial charge in [-0.3, -0.25) is 9.59 Å². The maximum atomic E-state index is 12.5. The van der Waals surface area contributed by atoms with Gasteiger partial charge in [0.15, 0.2) is 0 Å². The third-order valence-corrected chi connectivity index (χ3v) is 6.54. The fraction of sp³-hybridized carbons (Fsp3) is 0.783. The topological polar surface area (TPSA) is 87.7 Å². The van der Waals surface area contributed by atoms with Gasteiger partial charge >= 0.3 is 5.97 Å². The number of fused-ring (bicyclic) bond motifs is 2. The molecule has 1 amide bonds. The summed E-state index contributed by atoms with van der Waals surface area (Å²) in [6.45, 7) is 4.65. The Morgan fingerprint density at radius 3 is 2.57 bits per heavy atom. The maximum absolute atomic E-state index is 12.5. The van der Waals surface area contributed by atoms with Crippen molar-refractivity contribution in [2.24, 2.45) is 11.8 Å². The minimum atomic E-state index is -0.744. The second kappa shape index (κ2) is 13.1. The van der Waals surface area contributed by atoms with E-state index >= 15 is 0 Å². The normalized spacial score (nSPS) is 26.1. The summed E-state index contributed by atoms with van der Waals surface area (Å²) in [5.74, 6) is -0.0111. The molecule has 0 aromatic rings. The fourth-order valence-electron chi connectivity index (χ4n) is 4.51. The number of carboxylic acids is 1. The van der Waals surface area contributed by atoms with E-state index in [1.54, 1.807) is 0 Å². The number of unbranched alkanes of at least 4 members (excludes halogenated alkanes) is 3. The van der Waals surface area contributed by atoms with Gasteiger partial charge in [-0.15, -0.1) is 0 Å². The summed E-state index contributed by atoms with van der Waals surface area (Å²) in [4.78, 5) is 23.9. The van der Waals surface area contributed by atoms with E-state index in [9.17, 15) is 9.59 Å². The van der Waals surface area contributed by atoms with Gasteiger partial charge in [0.1, 0.15) is 6.04 Å². The van der Waals surface area contributed by atoms with Gasteiger partial charge in [-0.1, -0.05) is 44.1 Å². The predicted molar refractivity (Wildman–Crippen MR) is 122 cm³/mol. The first-order valence-electron chi connectivity index (χ1n) is 11.5. The highest BCUT2D eigenvalue weighted by Crippen LogP contribution is 2.44. The predicted octanol–water partition coefficient (Wildman–Crippen LogP) is 3.98. The Balaban J connectivity index is 1.74. The summed E-state index contributed by atoms with van der Waals surface area (Å²) >= 11 is 5.36. The van der Waals surface area contributed by atoms with Crippen LogP contribution in [0.4, 0.5) is 0 Å². The van der Waals surface area contributed by atoms with Gasteiger partial charge < -0.3 is 20.5 Å². The van der Waals surface area contributed by atoms with E-state index in [0.29, 0.717) is 24.8 Å². The summed E-state index contributed by atoms with van der Waals surface area (Å²) in [5, 5.41) is 15.0. The third-order valence-electron chi connectivity index (χ3n) is 6.22. The molecule has 0 aromatic carbocycles. The zero-order valence-electron chi connectivity index (χ0n) is 18.4. The van der Waals surface area contributed by atoms with Crippen LogP contribution in [-0.2, 0) is 14.3 Å². The average molecular weight is 439 g/mol. The van der Waals surface area contributed by atoms with E-state index in [2.05, 4.69) is 29.7 Å². The zero-order chi connectivity index (χ0) is 21.9. The molecule has 2 bridgehead atoms. The summed E-state index contributed by atoms with van der Waals surface area (Å²) in [6.07, 6.45) is 13.7. The van der Waals surface area contributed by atoms with Gasteiger partial charge in [-0.2, -0.15) is 0 Å². The number of hydrogen-bond donors (Lipinski definition) is 3. The minimum Gasteiger partial charge on any atom is -0.481 e. The molecule has 2 aliphatic heterocycles. The van der Waals surface area contributed by atoms with Crippen LogP contribution < -0.4 is 10.6 Å². The van der Waals surface area contributed by atoms with Crippen LogP contribution in [0.25, 0.3) is 0 Å². The smallest absolute Gasteiger partial charge is 0.303 e. The molecule has 170 valence electrons. The Morgan fingerprint density at radius 2 is 1.87 bits per heavy atom. The first-order valence-corrected chi connectivity index (χ1v) is 11.9. The number of carboxylic acid groups (broad SMARTS) is 1. The average Bonchev–Trinajstić information content (AvgIpc) is 3.30. The number of allylic oxidation sites excluding steroid dienone is 2. The van der Waals surface area contributed by atoms with Crippen molar-refractivity contribution in [2.45, 2.75) is 96.3 Å². The van der Waals surface area contributed by atoms with E-state index < -0.39 is 5.97 Å². The molecule has 0 aromatic heterocycles. The minimum absolute atomic E-state index is 0.0152. The first kappa shape index (κ1) is 24.8. The van der Waals surface area contributed by atoms with Crippen molar-refractivity contribution in [3.63, 3.8) is 0 Å². The van der Waals surface area contributed by atoms with E-state index in [4.69, 9.17) is 22.1 Å². The molecule has 0 spiro atoms. The second-order valence-electron chi connectivity index (χ2n) is 8.60. The quantitative estimate of drug-likeness (QED) is 0.216. The van der Waals surface area contributed by atoms with Gasteiger partial charge in [0, 0.05) is 18.9 Å². The van der Waals surface area contributed by atoms with Crippen molar-refractivity contribution in [3.8, 4) is 0 Å². The van der Waals surface area contributed by atoms with Gasteiger partial charge in [-0.25, -0.2) is 0 Å². The van der Waals surface area contributed by atoms with Gasteiger partial charge in [0.2, 0.25) is 5.91 Å². The largest absolute Gasteiger partial charge is 0.481 e. The highest BCUT2D eigenvalue weighted by molar-refractivity contribution is 7.80. The molecule has 2 heterocycles. The van der Waals surface area contributed by atoms with Crippen LogP contribution in [0.15, 0.2) is 12.2 Å². The van der Waals surface area contributed by atoms with Crippen molar-refractivity contribution in [1.82, 2.24) is 10.6 Å². The van der Waals surface area contributed by atoms with Crippen LogP contribution in [0.1, 0.15) is 78.1 Å². The van der Waals surface area contributed by atoms with Crippen molar-refractivity contribution >= 4 is 29.1 Å². The van der Waals surface area contributed by atoms with E-state index in [1.165, 1.54) is 0 Å². The van der Waals surface area contributed by atoms with Crippen molar-refractivity contribution < 1.29 is 19.4 Å². The Morgan fingerprint density at radius 1 is 1.13 bits per heavy atom. The number of carbonyl (C=O) groups is 2.